The molecule has 4 heterocycles. The molecule has 2 aromatic rings. The van der Waals surface area contributed by atoms with Gasteiger partial charge in [-0.1, -0.05) is 53.4 Å². The summed E-state index contributed by atoms with van der Waals surface area (Å²) in [5, 5.41) is 0. The summed E-state index contributed by atoms with van der Waals surface area (Å²) in [7, 11) is 8.50. The Morgan fingerprint density at radius 2 is 1.05 bits per heavy atom. The molecular weight excluding hydrogens is 464 g/mol. The zero-order chi connectivity index (χ0) is 28.2. The van der Waals surface area contributed by atoms with Crippen LogP contribution in [0.4, 0.5) is 0 Å². The zero-order valence-corrected chi connectivity index (χ0v) is 26.5. The summed E-state index contributed by atoms with van der Waals surface area (Å²) in [6.07, 6.45) is 21.8. The molecule has 2 aromatic heterocycles. The molecule has 0 unspecified atom stereocenters. The van der Waals surface area contributed by atoms with E-state index in [1.54, 1.807) is 0 Å². The van der Waals surface area contributed by atoms with Crippen LogP contribution in [0, 0.1) is 11.8 Å². The third kappa shape index (κ3) is 16.2. The monoisotopic (exact) mass is 526 g/mol. The lowest BCUT2D eigenvalue weighted by Crippen LogP contribution is -2.29. The molecule has 0 spiro atoms. The highest BCUT2D eigenvalue weighted by atomic mass is 15.1. The first-order valence-electron chi connectivity index (χ1n) is 15.6. The number of rotatable bonds is 6. The lowest BCUT2D eigenvalue weighted by atomic mass is 9.93. The van der Waals surface area contributed by atoms with Gasteiger partial charge in [-0.25, -0.2) is 9.13 Å². The van der Waals surface area contributed by atoms with Crippen molar-refractivity contribution in [1.29, 1.82) is 0 Å². The summed E-state index contributed by atoms with van der Waals surface area (Å²) in [5.74, 6) is 2.07. The van der Waals surface area contributed by atoms with Gasteiger partial charge in [0.05, 0.1) is 0 Å². The molecule has 0 atom stereocenters. The number of nitrogens with zero attached hydrogens (tertiary/aromatic N) is 4. The molecule has 0 aliphatic carbocycles. The molecule has 2 aliphatic heterocycles. The molecule has 0 saturated carbocycles. The van der Waals surface area contributed by atoms with E-state index in [0.717, 1.165) is 18.3 Å². The van der Waals surface area contributed by atoms with Crippen LogP contribution in [-0.2, 0) is 26.9 Å². The second kappa shape index (κ2) is 21.1. The van der Waals surface area contributed by atoms with Gasteiger partial charge in [0.1, 0.15) is 14.1 Å². The topological polar surface area (TPSA) is 14.2 Å². The number of pyridine rings is 2. The molecule has 0 amide bonds. The van der Waals surface area contributed by atoms with E-state index in [4.69, 9.17) is 0 Å². The summed E-state index contributed by atoms with van der Waals surface area (Å²) in [4.78, 5) is 4.86. The number of hydrogen-bond acceptors (Lipinski definition) is 2. The van der Waals surface area contributed by atoms with Crippen LogP contribution < -0.4 is 9.13 Å². The molecule has 2 aliphatic rings. The van der Waals surface area contributed by atoms with Crippen LogP contribution in [0.25, 0.3) is 0 Å². The minimum absolute atomic E-state index is 1.03. The van der Waals surface area contributed by atoms with Crippen molar-refractivity contribution in [3.05, 3.63) is 60.2 Å². The van der Waals surface area contributed by atoms with Gasteiger partial charge in [-0.2, -0.15) is 0 Å². The lowest BCUT2D eigenvalue weighted by Gasteiger charge is -2.28. The molecule has 0 aromatic carbocycles. The third-order valence-corrected chi connectivity index (χ3v) is 7.99. The van der Waals surface area contributed by atoms with E-state index in [1.807, 2.05) is 18.7 Å². The highest BCUT2D eigenvalue weighted by molar-refractivity contribution is 5.07. The van der Waals surface area contributed by atoms with Gasteiger partial charge < -0.3 is 9.80 Å². The van der Waals surface area contributed by atoms with E-state index in [2.05, 4.69) is 105 Å². The van der Waals surface area contributed by atoms with Crippen molar-refractivity contribution in [2.45, 2.75) is 91.9 Å². The molecule has 0 radical (unpaired) electrons. The molecule has 0 bridgehead atoms. The van der Waals surface area contributed by atoms with Crippen molar-refractivity contribution in [3.8, 4) is 0 Å². The first-order chi connectivity index (χ1) is 18.3. The maximum atomic E-state index is 2.44. The van der Waals surface area contributed by atoms with Gasteiger partial charge in [-0.3, -0.25) is 0 Å². The van der Waals surface area contributed by atoms with Gasteiger partial charge in [0, 0.05) is 24.3 Å². The van der Waals surface area contributed by atoms with E-state index in [0.29, 0.717) is 0 Å². The van der Waals surface area contributed by atoms with Crippen LogP contribution >= 0.6 is 0 Å². The average molecular weight is 527 g/mol. The number of aryl methyl sites for hydroxylation is 4. The highest BCUT2D eigenvalue weighted by Crippen LogP contribution is 2.20. The summed E-state index contributed by atoms with van der Waals surface area (Å²) in [6, 6.07) is 8.62. The fourth-order valence-corrected chi connectivity index (χ4v) is 4.98. The van der Waals surface area contributed by atoms with Gasteiger partial charge in [0.25, 0.3) is 0 Å². The first-order valence-corrected chi connectivity index (χ1v) is 15.6. The molecule has 4 heteroatoms. The molecule has 4 rings (SSSR count). The molecule has 4 nitrogen and oxygen atoms in total. The highest BCUT2D eigenvalue weighted by Gasteiger charge is 2.15. The predicted octanol–water partition coefficient (Wildman–Crippen LogP) is 6.40. The maximum absolute atomic E-state index is 2.44. The second-order valence-corrected chi connectivity index (χ2v) is 11.5. The van der Waals surface area contributed by atoms with Crippen LogP contribution in [0.15, 0.2) is 49.1 Å². The Bertz CT molecular complexity index is 786. The molecule has 2 fully saturated rings. The molecule has 0 N–H and O–H groups in total. The van der Waals surface area contributed by atoms with Gasteiger partial charge in [-0.15, -0.1) is 0 Å². The van der Waals surface area contributed by atoms with E-state index >= 15 is 0 Å². The van der Waals surface area contributed by atoms with E-state index < -0.39 is 0 Å². The van der Waals surface area contributed by atoms with Crippen molar-refractivity contribution in [2.24, 2.45) is 25.9 Å². The van der Waals surface area contributed by atoms with Crippen molar-refractivity contribution < 1.29 is 9.13 Å². The van der Waals surface area contributed by atoms with Crippen molar-refractivity contribution in [1.82, 2.24) is 9.80 Å². The summed E-state index contributed by atoms with van der Waals surface area (Å²) >= 11 is 0. The molecule has 216 valence electrons. The van der Waals surface area contributed by atoms with Gasteiger partial charge >= 0.3 is 0 Å². The Morgan fingerprint density at radius 3 is 1.42 bits per heavy atom. The summed E-state index contributed by atoms with van der Waals surface area (Å²) in [6.45, 7) is 14.2. The Balaban J connectivity index is 0.000000254. The second-order valence-electron chi connectivity index (χ2n) is 11.5. The van der Waals surface area contributed by atoms with Crippen LogP contribution in [0.5, 0.6) is 0 Å². The predicted molar refractivity (Wildman–Crippen MR) is 164 cm³/mol. The molecular formula is C34H62N4+2. The minimum atomic E-state index is 1.03. The van der Waals surface area contributed by atoms with Crippen LogP contribution in [0.3, 0.4) is 0 Å². The van der Waals surface area contributed by atoms with E-state index in [1.165, 1.54) is 95.1 Å². The van der Waals surface area contributed by atoms with Crippen LogP contribution in [0.2, 0.25) is 0 Å². The fraction of sp³-hybridized carbons (Fsp3) is 0.706. The van der Waals surface area contributed by atoms with E-state index in [-0.39, 0.29) is 0 Å². The Kier molecular flexibility index (Phi) is 19.0. The van der Waals surface area contributed by atoms with Crippen molar-refractivity contribution in [2.75, 3.05) is 40.3 Å². The SMILES string of the molecule is CCC1CCN(C)CC1.CCCC1CCN(C)CC1.CCCc1cc[n+](C)cc1.CCc1cc[n+](C)cc1. The average Bonchev–Trinajstić information content (AvgIpc) is 2.94. The number of likely N-dealkylation sites (tertiary alicyclic amines) is 2. The Morgan fingerprint density at radius 1 is 0.632 bits per heavy atom. The maximum Gasteiger partial charge on any atom is 0.168 e. The van der Waals surface area contributed by atoms with Crippen molar-refractivity contribution in [3.63, 3.8) is 0 Å². The smallest absolute Gasteiger partial charge is 0.168 e. The Labute approximate surface area is 237 Å². The standard InChI is InChI=1S/C9H19N.C9H14N.C8H17N.C8H12N/c2*1-3-4-9-5-7-10(2)8-6-9;2*1-3-8-4-6-9(2)7-5-8/h9H,3-8H2,1-2H3;5-8H,3-4H2,1-2H3;8H,3-7H2,1-2H3;4-7H,3H2,1-2H3/q;+1;;+1. The van der Waals surface area contributed by atoms with Gasteiger partial charge in [0.15, 0.2) is 24.8 Å². The molecule has 2 saturated heterocycles. The number of aromatic nitrogens is 2. The Hall–Kier alpha value is -1.78. The quantitative estimate of drug-likeness (QED) is 0.404. The van der Waals surface area contributed by atoms with Gasteiger partial charge in [0.2, 0.25) is 0 Å². The summed E-state index contributed by atoms with van der Waals surface area (Å²) in [5.41, 5.74) is 2.83. The molecule has 38 heavy (non-hydrogen) atoms. The van der Waals surface area contributed by atoms with Crippen LogP contribution in [-0.4, -0.2) is 50.1 Å². The van der Waals surface area contributed by atoms with Crippen molar-refractivity contribution >= 4 is 0 Å². The lowest BCUT2D eigenvalue weighted by molar-refractivity contribution is -0.671. The van der Waals surface area contributed by atoms with Crippen LogP contribution in [0.1, 0.15) is 90.2 Å². The normalized spacial score (nSPS) is 16.8. The summed E-state index contributed by atoms with van der Waals surface area (Å²) < 4.78 is 4.10. The third-order valence-electron chi connectivity index (χ3n) is 7.99. The first kappa shape index (κ1) is 34.2. The fourth-order valence-electron chi connectivity index (χ4n) is 4.98. The zero-order valence-electron chi connectivity index (χ0n) is 26.5. The largest absolute Gasteiger partial charge is 0.306 e. The van der Waals surface area contributed by atoms with E-state index in [9.17, 15) is 0 Å². The minimum Gasteiger partial charge on any atom is -0.306 e. The van der Waals surface area contributed by atoms with Gasteiger partial charge in [-0.05, 0) is 102 Å². The number of piperidine rings is 2. The number of hydrogen-bond donors (Lipinski definition) is 0.